The molecule has 4 atom stereocenters. The highest BCUT2D eigenvalue weighted by atomic mass is 16.4. The van der Waals surface area contributed by atoms with Crippen molar-refractivity contribution in [2.24, 2.45) is 17.4 Å². The van der Waals surface area contributed by atoms with E-state index in [1.165, 1.54) is 0 Å². The summed E-state index contributed by atoms with van der Waals surface area (Å²) in [6, 6.07) is -3.81. The zero-order chi connectivity index (χ0) is 21.9. The van der Waals surface area contributed by atoms with Crippen LogP contribution in [0, 0.1) is 5.92 Å². The highest BCUT2D eigenvalue weighted by Gasteiger charge is 2.32. The van der Waals surface area contributed by atoms with Crippen LogP contribution in [0.25, 0.3) is 0 Å². The maximum absolute atomic E-state index is 12.6. The van der Waals surface area contributed by atoms with Gasteiger partial charge in [0.1, 0.15) is 18.1 Å². The van der Waals surface area contributed by atoms with Crippen LogP contribution < -0.4 is 27.4 Å². The van der Waals surface area contributed by atoms with Crippen molar-refractivity contribution >= 4 is 29.6 Å². The molecule has 0 fully saturated rings. The normalized spacial score (nSPS) is 14.9. The summed E-state index contributed by atoms with van der Waals surface area (Å²) in [5.41, 5.74) is 10.3. The molecule has 0 saturated heterocycles. The van der Waals surface area contributed by atoms with Gasteiger partial charge in [-0.1, -0.05) is 20.3 Å². The van der Waals surface area contributed by atoms with Crippen LogP contribution in [-0.4, -0.2) is 71.1 Å². The van der Waals surface area contributed by atoms with E-state index < -0.39 is 54.3 Å². The number of nitrogens with one attached hydrogen (secondary N) is 3. The maximum atomic E-state index is 12.6. The molecule has 0 heterocycles. The van der Waals surface area contributed by atoms with Gasteiger partial charge in [-0.2, -0.15) is 0 Å². The van der Waals surface area contributed by atoms with E-state index in [1.54, 1.807) is 13.8 Å². The summed E-state index contributed by atoms with van der Waals surface area (Å²) < 4.78 is 0. The zero-order valence-corrected chi connectivity index (χ0v) is 15.9. The number of aliphatic carboxylic acids is 1. The number of carboxylic acid groups (broad SMARTS) is 1. The lowest BCUT2D eigenvalue weighted by Gasteiger charge is -2.27. The molecule has 0 aliphatic carbocycles. The van der Waals surface area contributed by atoms with E-state index in [4.69, 9.17) is 21.7 Å². The van der Waals surface area contributed by atoms with Crippen LogP contribution in [0.2, 0.25) is 0 Å². The Labute approximate surface area is 162 Å². The van der Waals surface area contributed by atoms with Gasteiger partial charge in [0.25, 0.3) is 0 Å². The first-order chi connectivity index (χ1) is 13.1. The fourth-order valence-electron chi connectivity index (χ4n) is 2.21. The molecule has 0 aliphatic heterocycles. The number of rotatable bonds is 13. The number of aliphatic hydroxyl groups is 1. The van der Waals surface area contributed by atoms with Gasteiger partial charge in [-0.05, 0) is 12.3 Å². The molecular formula is C16H29N5O7. The molecule has 12 heteroatoms. The number of primary amides is 1. The van der Waals surface area contributed by atoms with Gasteiger partial charge in [-0.15, -0.1) is 0 Å². The number of carboxylic acids is 1. The summed E-state index contributed by atoms with van der Waals surface area (Å²) in [4.78, 5) is 58.5. The molecule has 4 amide bonds. The van der Waals surface area contributed by atoms with Crippen molar-refractivity contribution in [2.45, 2.75) is 51.2 Å². The molecule has 0 aromatic rings. The molecule has 160 valence electrons. The van der Waals surface area contributed by atoms with Crippen LogP contribution in [-0.2, 0) is 24.0 Å². The second-order valence-electron chi connectivity index (χ2n) is 6.28. The summed E-state index contributed by atoms with van der Waals surface area (Å²) in [6.45, 7) is 2.22. The van der Waals surface area contributed by atoms with Gasteiger partial charge in [0.15, 0.2) is 0 Å². The Balaban J connectivity index is 5.35. The Morgan fingerprint density at radius 1 is 1.00 bits per heavy atom. The average Bonchev–Trinajstić information content (AvgIpc) is 2.65. The summed E-state index contributed by atoms with van der Waals surface area (Å²) in [5, 5.41) is 25.0. The zero-order valence-electron chi connectivity index (χ0n) is 15.9. The second kappa shape index (κ2) is 12.6. The highest BCUT2D eigenvalue weighted by Crippen LogP contribution is 2.10. The highest BCUT2D eigenvalue weighted by molar-refractivity contribution is 5.94. The SMILES string of the molecule is CCC(C)C(NC(=O)C(CCC(N)=O)NC(=O)CN)C(=O)NC(CO)C(=O)O. The van der Waals surface area contributed by atoms with Crippen LogP contribution in [0.1, 0.15) is 33.1 Å². The van der Waals surface area contributed by atoms with E-state index in [2.05, 4.69) is 16.0 Å². The number of nitrogens with two attached hydrogens (primary N) is 2. The van der Waals surface area contributed by atoms with Gasteiger partial charge < -0.3 is 37.6 Å². The largest absolute Gasteiger partial charge is 0.480 e. The van der Waals surface area contributed by atoms with Crippen molar-refractivity contribution in [1.29, 1.82) is 0 Å². The van der Waals surface area contributed by atoms with Crippen molar-refractivity contribution in [2.75, 3.05) is 13.2 Å². The van der Waals surface area contributed by atoms with Crippen LogP contribution in [0.3, 0.4) is 0 Å². The minimum absolute atomic E-state index is 0.101. The molecule has 0 aromatic heterocycles. The quantitative estimate of drug-likeness (QED) is 0.166. The fraction of sp³-hybridized carbons (Fsp3) is 0.688. The van der Waals surface area contributed by atoms with Crippen molar-refractivity contribution in [3.8, 4) is 0 Å². The topological polar surface area (TPSA) is 214 Å². The van der Waals surface area contributed by atoms with Crippen LogP contribution in [0.15, 0.2) is 0 Å². The third-order valence-corrected chi connectivity index (χ3v) is 4.11. The van der Waals surface area contributed by atoms with Crippen molar-refractivity contribution in [3.05, 3.63) is 0 Å². The first kappa shape index (κ1) is 25.3. The Hall–Kier alpha value is -2.73. The van der Waals surface area contributed by atoms with Crippen molar-refractivity contribution in [1.82, 2.24) is 16.0 Å². The predicted molar refractivity (Wildman–Crippen MR) is 97.5 cm³/mol. The van der Waals surface area contributed by atoms with E-state index in [9.17, 15) is 24.0 Å². The third kappa shape index (κ3) is 8.77. The number of carbonyl (C=O) groups is 5. The molecule has 0 saturated carbocycles. The number of amides is 4. The van der Waals surface area contributed by atoms with Gasteiger partial charge in [0.05, 0.1) is 13.2 Å². The molecule has 0 rings (SSSR count). The molecule has 4 unspecified atom stereocenters. The van der Waals surface area contributed by atoms with Crippen LogP contribution >= 0.6 is 0 Å². The minimum Gasteiger partial charge on any atom is -0.480 e. The van der Waals surface area contributed by atoms with Crippen molar-refractivity contribution in [3.63, 3.8) is 0 Å². The summed E-state index contributed by atoms with van der Waals surface area (Å²) >= 11 is 0. The van der Waals surface area contributed by atoms with Crippen molar-refractivity contribution < 1.29 is 34.2 Å². The van der Waals surface area contributed by atoms with E-state index >= 15 is 0 Å². The maximum Gasteiger partial charge on any atom is 0.328 e. The lowest BCUT2D eigenvalue weighted by Crippen LogP contribution is -2.58. The Morgan fingerprint density at radius 2 is 1.61 bits per heavy atom. The lowest BCUT2D eigenvalue weighted by molar-refractivity contribution is -0.143. The summed E-state index contributed by atoms with van der Waals surface area (Å²) in [5.74, 6) is -4.69. The number of hydrogen-bond acceptors (Lipinski definition) is 7. The summed E-state index contributed by atoms with van der Waals surface area (Å²) in [7, 11) is 0. The number of carbonyl (C=O) groups excluding carboxylic acids is 4. The molecule has 0 aromatic carbocycles. The molecule has 9 N–H and O–H groups in total. The first-order valence-corrected chi connectivity index (χ1v) is 8.79. The molecule has 0 aliphatic rings. The first-order valence-electron chi connectivity index (χ1n) is 8.79. The lowest BCUT2D eigenvalue weighted by atomic mass is 9.97. The number of hydrogen-bond donors (Lipinski definition) is 7. The Bertz CT molecular complexity index is 584. The smallest absolute Gasteiger partial charge is 0.328 e. The standard InChI is InChI=1S/C16H29N5O7/c1-3-8(2)13(15(26)20-10(7-22)16(27)28)21-14(25)9(4-5-11(18)23)19-12(24)6-17/h8-10,13,22H,3-7,17H2,1-2H3,(H2,18,23)(H,19,24)(H,20,26)(H,21,25)(H,27,28). The van der Waals surface area contributed by atoms with Crippen LogP contribution in [0.5, 0.6) is 0 Å². The number of aliphatic hydroxyl groups excluding tert-OH is 1. The minimum atomic E-state index is -1.53. The molecule has 0 bridgehead atoms. The van der Waals surface area contributed by atoms with E-state index in [-0.39, 0.29) is 25.3 Å². The van der Waals surface area contributed by atoms with Crippen LogP contribution in [0.4, 0.5) is 0 Å². The van der Waals surface area contributed by atoms with E-state index in [1.807, 2.05) is 0 Å². The molecule has 28 heavy (non-hydrogen) atoms. The second-order valence-corrected chi connectivity index (χ2v) is 6.28. The summed E-state index contributed by atoms with van der Waals surface area (Å²) in [6.07, 6.45) is 0.182. The van der Waals surface area contributed by atoms with Gasteiger partial charge >= 0.3 is 5.97 Å². The van der Waals surface area contributed by atoms with Gasteiger partial charge in [0.2, 0.25) is 23.6 Å². The molecule has 0 spiro atoms. The molecule has 12 nitrogen and oxygen atoms in total. The monoisotopic (exact) mass is 403 g/mol. The Kier molecular flexibility index (Phi) is 11.4. The Morgan fingerprint density at radius 3 is 2.04 bits per heavy atom. The van der Waals surface area contributed by atoms with E-state index in [0.29, 0.717) is 6.42 Å². The average molecular weight is 403 g/mol. The predicted octanol–water partition coefficient (Wildman–Crippen LogP) is -3.21. The van der Waals surface area contributed by atoms with Gasteiger partial charge in [-0.25, -0.2) is 4.79 Å². The molecule has 0 radical (unpaired) electrons. The third-order valence-electron chi connectivity index (χ3n) is 4.11. The fourth-order valence-corrected chi connectivity index (χ4v) is 2.21. The molecular weight excluding hydrogens is 374 g/mol. The van der Waals surface area contributed by atoms with Gasteiger partial charge in [-0.3, -0.25) is 19.2 Å². The van der Waals surface area contributed by atoms with E-state index in [0.717, 1.165) is 0 Å². The van der Waals surface area contributed by atoms with Gasteiger partial charge in [0, 0.05) is 6.42 Å².